The lowest BCUT2D eigenvalue weighted by Gasteiger charge is -2.34. The molecule has 63 heavy (non-hydrogen) atoms. The summed E-state index contributed by atoms with van der Waals surface area (Å²) in [6.07, 6.45) is 3.42. The molecule has 1 atom stereocenters. The van der Waals surface area contributed by atoms with E-state index < -0.39 is 0 Å². The van der Waals surface area contributed by atoms with E-state index in [9.17, 15) is 9.59 Å². The number of rotatable bonds is 8. The fourth-order valence-corrected chi connectivity index (χ4v) is 9.09. The fraction of sp³-hybridized carbons (Fsp3) is 0.306. The normalized spacial score (nSPS) is 18.2. The van der Waals surface area contributed by atoms with E-state index in [2.05, 4.69) is 114 Å². The number of benzene rings is 4. The molecule has 10 rings (SSSR count). The van der Waals surface area contributed by atoms with Crippen LogP contribution in [0.15, 0.2) is 97.2 Å². The SMILES string of the molecule is CN1CCN(c2ccc(-c3cc(-c4ccc5c(c4)C(Nc4ncc(-c6ccc(N7CCN(C)CC7)cc6)nc4-c4ccc6c(c4)CCCNC6=O)CNC5=O)c(N)nn3)cc2)CC1. The van der Waals surface area contributed by atoms with Crippen molar-refractivity contribution >= 4 is 34.8 Å². The van der Waals surface area contributed by atoms with Crippen LogP contribution in [0.2, 0.25) is 0 Å². The molecule has 0 bridgehead atoms. The zero-order chi connectivity index (χ0) is 43.0. The van der Waals surface area contributed by atoms with Gasteiger partial charge < -0.3 is 41.3 Å². The second-order valence-corrected chi connectivity index (χ2v) is 17.1. The minimum Gasteiger partial charge on any atom is -0.382 e. The van der Waals surface area contributed by atoms with Gasteiger partial charge in [0.1, 0.15) is 5.69 Å². The van der Waals surface area contributed by atoms with Gasteiger partial charge in [0.2, 0.25) is 0 Å². The summed E-state index contributed by atoms with van der Waals surface area (Å²) in [5, 5.41) is 18.6. The fourth-order valence-electron chi connectivity index (χ4n) is 9.09. The molecule has 1 unspecified atom stereocenters. The van der Waals surface area contributed by atoms with Crippen molar-refractivity contribution in [2.75, 3.05) is 100 Å². The van der Waals surface area contributed by atoms with E-state index in [1.807, 2.05) is 36.4 Å². The Balaban J connectivity index is 0.975. The average Bonchev–Trinajstić information content (AvgIpc) is 3.51. The summed E-state index contributed by atoms with van der Waals surface area (Å²) >= 11 is 0. The second kappa shape index (κ2) is 17.1. The van der Waals surface area contributed by atoms with E-state index in [0.29, 0.717) is 47.2 Å². The smallest absolute Gasteiger partial charge is 0.251 e. The Bertz CT molecular complexity index is 2670. The molecule has 2 aromatic heterocycles. The van der Waals surface area contributed by atoms with E-state index >= 15 is 0 Å². The van der Waals surface area contributed by atoms with Crippen LogP contribution >= 0.6 is 0 Å². The number of aromatic nitrogens is 4. The number of carbonyl (C=O) groups is 2. The van der Waals surface area contributed by atoms with Gasteiger partial charge in [0, 0.05) is 110 Å². The summed E-state index contributed by atoms with van der Waals surface area (Å²) in [5.41, 5.74) is 18.3. The molecule has 2 fully saturated rings. The Morgan fingerprint density at radius 3 is 1.92 bits per heavy atom. The van der Waals surface area contributed by atoms with Crippen LogP contribution in [0.3, 0.4) is 0 Å². The van der Waals surface area contributed by atoms with Gasteiger partial charge in [-0.1, -0.05) is 36.4 Å². The van der Waals surface area contributed by atoms with Crippen LogP contribution in [0.1, 0.15) is 44.3 Å². The monoisotopic (exact) mass is 840 g/mol. The molecule has 5 N–H and O–H groups in total. The number of amides is 2. The quantitative estimate of drug-likeness (QED) is 0.151. The summed E-state index contributed by atoms with van der Waals surface area (Å²) in [4.78, 5) is 46.1. The molecule has 0 radical (unpaired) electrons. The van der Waals surface area contributed by atoms with Crippen molar-refractivity contribution in [3.63, 3.8) is 0 Å². The van der Waals surface area contributed by atoms with Crippen LogP contribution in [-0.2, 0) is 6.42 Å². The molecular weight excluding hydrogens is 789 g/mol. The van der Waals surface area contributed by atoms with Crippen LogP contribution in [-0.4, -0.2) is 121 Å². The maximum Gasteiger partial charge on any atom is 0.251 e. The molecule has 14 nitrogen and oxygen atoms in total. The number of hydrogen-bond acceptors (Lipinski definition) is 12. The summed E-state index contributed by atoms with van der Waals surface area (Å²) in [7, 11) is 4.32. The van der Waals surface area contributed by atoms with E-state index in [1.165, 1.54) is 11.4 Å². The number of carbonyl (C=O) groups excluding carboxylic acids is 2. The molecule has 4 aliphatic rings. The molecular formula is C49H52N12O2. The van der Waals surface area contributed by atoms with Crippen molar-refractivity contribution < 1.29 is 9.59 Å². The van der Waals surface area contributed by atoms with E-state index in [-0.39, 0.29) is 17.9 Å². The topological polar surface area (TPSA) is 161 Å². The molecule has 0 aliphatic carbocycles. The lowest BCUT2D eigenvalue weighted by Crippen LogP contribution is -2.44. The molecule has 6 aromatic rings. The molecule has 0 spiro atoms. The van der Waals surface area contributed by atoms with Gasteiger partial charge in [-0.25, -0.2) is 9.97 Å². The van der Waals surface area contributed by atoms with Crippen molar-refractivity contribution in [2.24, 2.45) is 0 Å². The van der Waals surface area contributed by atoms with Gasteiger partial charge in [-0.3, -0.25) is 9.59 Å². The van der Waals surface area contributed by atoms with Gasteiger partial charge in [0.25, 0.3) is 11.8 Å². The van der Waals surface area contributed by atoms with Gasteiger partial charge in [-0.2, -0.15) is 0 Å². The number of nitrogens with two attached hydrogens (primary N) is 1. The molecule has 14 heteroatoms. The third-order valence-corrected chi connectivity index (χ3v) is 13.0. The largest absolute Gasteiger partial charge is 0.382 e. The van der Waals surface area contributed by atoms with E-state index in [0.717, 1.165) is 110 Å². The van der Waals surface area contributed by atoms with E-state index in [4.69, 9.17) is 15.7 Å². The predicted octanol–water partition coefficient (Wildman–Crippen LogP) is 5.59. The molecule has 4 aliphatic heterocycles. The Hall–Kier alpha value is -6.90. The number of piperazine rings is 2. The van der Waals surface area contributed by atoms with Gasteiger partial charge >= 0.3 is 0 Å². The van der Waals surface area contributed by atoms with Crippen LogP contribution in [0, 0.1) is 0 Å². The number of fused-ring (bicyclic) bond motifs is 2. The maximum atomic E-state index is 13.4. The number of nitrogens with one attached hydrogen (secondary N) is 3. The Kier molecular flexibility index (Phi) is 10.9. The number of aryl methyl sites for hydroxylation is 1. The minimum atomic E-state index is -0.358. The number of nitrogen functional groups attached to an aromatic ring is 1. The Morgan fingerprint density at radius 2 is 1.24 bits per heavy atom. The molecule has 320 valence electrons. The van der Waals surface area contributed by atoms with Crippen molar-refractivity contribution in [2.45, 2.75) is 18.9 Å². The van der Waals surface area contributed by atoms with Gasteiger partial charge in [0.15, 0.2) is 11.6 Å². The summed E-state index contributed by atoms with van der Waals surface area (Å²) in [6.45, 7) is 9.07. The zero-order valence-corrected chi connectivity index (χ0v) is 35.8. The van der Waals surface area contributed by atoms with Gasteiger partial charge in [-0.05, 0) is 98.2 Å². The maximum absolute atomic E-state index is 13.4. The summed E-state index contributed by atoms with van der Waals surface area (Å²) < 4.78 is 0. The third-order valence-electron chi connectivity index (χ3n) is 13.0. The number of hydrogen-bond donors (Lipinski definition) is 4. The Labute approximate surface area is 367 Å². The van der Waals surface area contributed by atoms with Gasteiger partial charge in [-0.15, -0.1) is 10.2 Å². The van der Waals surface area contributed by atoms with Crippen molar-refractivity contribution in [1.29, 1.82) is 0 Å². The van der Waals surface area contributed by atoms with Crippen LogP contribution in [0.5, 0.6) is 0 Å². The standard InChI is InChI=1S/C49H52N12O2/c1-58-18-22-60(23-19-58)36-11-5-31(6-12-36)42-28-40(46(50)57-56-42)34-9-16-39-41(27-34)44(30-53-49(39)63)55-47-45(35-10-15-38-33(26-35)4-3-17-51-48(38)62)54-43(29-52-47)32-7-13-37(14-8-32)61-24-20-59(2)21-25-61/h5-16,26-29,44H,3-4,17-25,30H2,1-2H3,(H2,50,57)(H,51,62)(H,52,55)(H,53,63). The van der Waals surface area contributed by atoms with Crippen LogP contribution < -0.4 is 31.5 Å². The first-order valence-corrected chi connectivity index (χ1v) is 21.9. The summed E-state index contributed by atoms with van der Waals surface area (Å²) in [6, 6.07) is 30.3. The van der Waals surface area contributed by atoms with Crippen molar-refractivity contribution in [3.8, 4) is 44.9 Å². The van der Waals surface area contributed by atoms with Crippen LogP contribution in [0.4, 0.5) is 23.0 Å². The highest BCUT2D eigenvalue weighted by Gasteiger charge is 2.28. The summed E-state index contributed by atoms with van der Waals surface area (Å²) in [5.74, 6) is 0.655. The average molecular weight is 841 g/mol. The van der Waals surface area contributed by atoms with Crippen molar-refractivity contribution in [3.05, 3.63) is 119 Å². The number of likely N-dealkylation sites (N-methyl/N-ethyl adjacent to an activating group) is 2. The van der Waals surface area contributed by atoms with Gasteiger partial charge in [0.05, 0.1) is 23.6 Å². The zero-order valence-electron chi connectivity index (χ0n) is 35.8. The molecule has 6 heterocycles. The highest BCUT2D eigenvalue weighted by atomic mass is 16.2. The lowest BCUT2D eigenvalue weighted by molar-refractivity contribution is 0.0938. The third kappa shape index (κ3) is 8.27. The predicted molar refractivity (Wildman–Crippen MR) is 249 cm³/mol. The highest BCUT2D eigenvalue weighted by molar-refractivity contribution is 5.99. The number of anilines is 4. The first kappa shape index (κ1) is 40.2. The highest BCUT2D eigenvalue weighted by Crippen LogP contribution is 2.37. The first-order valence-electron chi connectivity index (χ1n) is 21.9. The molecule has 4 aromatic carbocycles. The first-order chi connectivity index (χ1) is 30.7. The van der Waals surface area contributed by atoms with E-state index in [1.54, 1.807) is 6.20 Å². The molecule has 2 saturated heterocycles. The Morgan fingerprint density at radius 1 is 0.635 bits per heavy atom. The molecule has 0 saturated carbocycles. The minimum absolute atomic E-state index is 0.0608. The van der Waals surface area contributed by atoms with Crippen molar-refractivity contribution in [1.82, 2.24) is 40.6 Å². The lowest BCUT2D eigenvalue weighted by atomic mass is 9.91. The number of nitrogens with zero attached hydrogens (tertiary/aromatic N) is 8. The molecule has 2 amide bonds. The van der Waals surface area contributed by atoms with Crippen LogP contribution in [0.25, 0.3) is 44.9 Å². The second-order valence-electron chi connectivity index (χ2n) is 17.1.